The molecule has 12 nitrogen and oxygen atoms in total. The zero-order valence-electron chi connectivity index (χ0n) is 21.2. The third kappa shape index (κ3) is 6.02. The van der Waals surface area contributed by atoms with E-state index in [9.17, 15) is 32.3 Å². The Morgan fingerprint density at radius 1 is 1.12 bits per heavy atom. The molecule has 2 aromatic heterocycles. The molecule has 4 heterocycles. The molecule has 1 aromatic carbocycles. The van der Waals surface area contributed by atoms with Gasteiger partial charge in [-0.3, -0.25) is 29.1 Å². The van der Waals surface area contributed by atoms with Gasteiger partial charge in [0.15, 0.2) is 0 Å². The van der Waals surface area contributed by atoms with Crippen LogP contribution in [0.1, 0.15) is 43.4 Å². The number of nitrogens with one attached hydrogen (secondary N) is 2. The standard InChI is InChI=1S/C23H24N6O4.C2HF3O2/c1-13-25-20-15(23(33)29(13)17-6-8-19(30)27-22(17)32)3-2-4-16(20)26-21(31)14-5-7-18-24-10-12-28(18)11-9-14;3-2(4,5)1(6)7/h2-4,10,12,14,17H,5-9,11H2,1H3,(H,26,31)(H,27,30,32);(H,6,7). The number of hydrogen-bond acceptors (Lipinski definition) is 7. The molecule has 2 aliphatic heterocycles. The lowest BCUT2D eigenvalue weighted by Gasteiger charge is -2.24. The van der Waals surface area contributed by atoms with E-state index in [1.54, 1.807) is 31.3 Å². The zero-order valence-corrected chi connectivity index (χ0v) is 21.2. The molecule has 0 spiro atoms. The molecule has 212 valence electrons. The summed E-state index contributed by atoms with van der Waals surface area (Å²) in [5.41, 5.74) is 0.483. The molecular weight excluding hydrogens is 537 g/mol. The van der Waals surface area contributed by atoms with E-state index < -0.39 is 24.1 Å². The van der Waals surface area contributed by atoms with Crippen LogP contribution in [0.2, 0.25) is 0 Å². The minimum atomic E-state index is -5.08. The number of fused-ring (bicyclic) bond motifs is 2. The van der Waals surface area contributed by atoms with Crippen molar-refractivity contribution in [2.75, 3.05) is 5.32 Å². The Hall–Kier alpha value is -4.56. The number of benzene rings is 1. The number of rotatable bonds is 3. The number of carboxylic acid groups (broad SMARTS) is 1. The summed E-state index contributed by atoms with van der Waals surface area (Å²) in [6, 6.07) is 4.26. The van der Waals surface area contributed by atoms with Crippen molar-refractivity contribution in [3.8, 4) is 0 Å². The van der Waals surface area contributed by atoms with Crippen molar-refractivity contribution in [2.24, 2.45) is 5.92 Å². The monoisotopic (exact) mass is 562 g/mol. The molecule has 15 heteroatoms. The predicted octanol–water partition coefficient (Wildman–Crippen LogP) is 2.10. The molecular formula is C25H25F3N6O6. The van der Waals surface area contributed by atoms with E-state index in [0.717, 1.165) is 18.8 Å². The van der Waals surface area contributed by atoms with Gasteiger partial charge in [0.1, 0.15) is 23.2 Å². The summed E-state index contributed by atoms with van der Waals surface area (Å²) >= 11 is 0. The first-order chi connectivity index (χ1) is 18.9. The lowest BCUT2D eigenvalue weighted by atomic mass is 9.99. The van der Waals surface area contributed by atoms with Gasteiger partial charge in [-0.05, 0) is 38.3 Å². The number of carbonyl (C=O) groups is 4. The van der Waals surface area contributed by atoms with Gasteiger partial charge in [0.2, 0.25) is 17.7 Å². The Bertz CT molecular complexity index is 1520. The molecule has 1 fully saturated rings. The lowest BCUT2D eigenvalue weighted by molar-refractivity contribution is -0.192. The van der Waals surface area contributed by atoms with Crippen molar-refractivity contribution in [3.05, 3.63) is 52.6 Å². The van der Waals surface area contributed by atoms with Gasteiger partial charge < -0.3 is 15.0 Å². The average molecular weight is 563 g/mol. The predicted molar refractivity (Wildman–Crippen MR) is 133 cm³/mol. The number of carboxylic acids is 1. The number of nitrogens with zero attached hydrogens (tertiary/aromatic N) is 4. The van der Waals surface area contributed by atoms with Crippen LogP contribution in [0.15, 0.2) is 35.4 Å². The van der Waals surface area contributed by atoms with Gasteiger partial charge in [0.05, 0.1) is 11.1 Å². The number of amides is 3. The number of carbonyl (C=O) groups excluding carboxylic acids is 3. The molecule has 3 N–H and O–H groups in total. The summed E-state index contributed by atoms with van der Waals surface area (Å²) in [6.45, 7) is 2.38. The lowest BCUT2D eigenvalue weighted by Crippen LogP contribution is -2.45. The number of para-hydroxylation sites is 1. The summed E-state index contributed by atoms with van der Waals surface area (Å²) in [7, 11) is 0. The molecule has 5 rings (SSSR count). The minimum absolute atomic E-state index is 0.109. The van der Waals surface area contributed by atoms with Crippen LogP contribution >= 0.6 is 0 Å². The van der Waals surface area contributed by atoms with Crippen LogP contribution in [0.25, 0.3) is 10.9 Å². The fourth-order valence-corrected chi connectivity index (χ4v) is 4.74. The quantitative estimate of drug-likeness (QED) is 0.409. The number of hydrogen-bond donors (Lipinski definition) is 3. The fraction of sp³-hybridized carbons (Fsp3) is 0.400. The summed E-state index contributed by atoms with van der Waals surface area (Å²) in [5.74, 6) is -2.55. The van der Waals surface area contributed by atoms with Gasteiger partial charge in [-0.1, -0.05) is 6.07 Å². The Labute approximate surface area is 224 Å². The number of aromatic nitrogens is 4. The van der Waals surface area contributed by atoms with Crippen LogP contribution in [0.5, 0.6) is 0 Å². The van der Waals surface area contributed by atoms with Gasteiger partial charge in [0.25, 0.3) is 5.56 Å². The van der Waals surface area contributed by atoms with Crippen molar-refractivity contribution in [2.45, 2.75) is 57.8 Å². The molecule has 2 unspecified atom stereocenters. The smallest absolute Gasteiger partial charge is 0.475 e. The van der Waals surface area contributed by atoms with Crippen LogP contribution < -0.4 is 16.2 Å². The number of aryl methyl sites for hydroxylation is 3. The van der Waals surface area contributed by atoms with Gasteiger partial charge in [0, 0.05) is 37.7 Å². The van der Waals surface area contributed by atoms with Crippen LogP contribution in [0.3, 0.4) is 0 Å². The van der Waals surface area contributed by atoms with E-state index in [4.69, 9.17) is 9.90 Å². The first-order valence-electron chi connectivity index (χ1n) is 12.3. The van der Waals surface area contributed by atoms with E-state index in [2.05, 4.69) is 25.2 Å². The average Bonchev–Trinajstić information content (AvgIpc) is 3.23. The summed E-state index contributed by atoms with van der Waals surface area (Å²) in [6.07, 6.45) is 1.17. The Kier molecular flexibility index (Phi) is 8.02. The molecule has 0 saturated carbocycles. The number of imide groups is 1. The molecule has 2 atom stereocenters. The number of alkyl halides is 3. The first-order valence-corrected chi connectivity index (χ1v) is 12.3. The number of anilines is 1. The third-order valence-electron chi connectivity index (χ3n) is 6.74. The van der Waals surface area contributed by atoms with Crippen LogP contribution in [-0.4, -0.2) is 54.1 Å². The highest BCUT2D eigenvalue weighted by Crippen LogP contribution is 2.26. The Morgan fingerprint density at radius 3 is 2.52 bits per heavy atom. The maximum atomic E-state index is 13.3. The van der Waals surface area contributed by atoms with Crippen molar-refractivity contribution >= 4 is 40.3 Å². The van der Waals surface area contributed by atoms with E-state index in [1.165, 1.54) is 4.57 Å². The maximum absolute atomic E-state index is 13.3. The van der Waals surface area contributed by atoms with Crippen molar-refractivity contribution in [3.63, 3.8) is 0 Å². The van der Waals surface area contributed by atoms with Gasteiger partial charge in [-0.15, -0.1) is 0 Å². The molecule has 2 aliphatic rings. The Balaban J connectivity index is 0.000000470. The van der Waals surface area contributed by atoms with Gasteiger partial charge in [-0.25, -0.2) is 14.8 Å². The number of imidazole rings is 1. The number of halogens is 3. The van der Waals surface area contributed by atoms with Crippen LogP contribution in [0, 0.1) is 12.8 Å². The van der Waals surface area contributed by atoms with Crippen molar-refractivity contribution in [1.29, 1.82) is 0 Å². The Morgan fingerprint density at radius 2 is 1.85 bits per heavy atom. The third-order valence-corrected chi connectivity index (χ3v) is 6.74. The van der Waals surface area contributed by atoms with E-state index >= 15 is 0 Å². The molecule has 3 amide bonds. The normalized spacial score (nSPS) is 19.1. The van der Waals surface area contributed by atoms with Gasteiger partial charge >= 0.3 is 12.1 Å². The molecule has 0 aliphatic carbocycles. The number of piperidine rings is 1. The van der Waals surface area contributed by atoms with Crippen molar-refractivity contribution < 1.29 is 37.5 Å². The van der Waals surface area contributed by atoms with Crippen LogP contribution in [0.4, 0.5) is 18.9 Å². The summed E-state index contributed by atoms with van der Waals surface area (Å²) in [4.78, 5) is 68.0. The van der Waals surface area contributed by atoms with E-state index in [0.29, 0.717) is 35.3 Å². The topological polar surface area (TPSA) is 165 Å². The molecule has 0 bridgehead atoms. The second kappa shape index (κ2) is 11.3. The van der Waals surface area contributed by atoms with Crippen molar-refractivity contribution in [1.82, 2.24) is 24.4 Å². The maximum Gasteiger partial charge on any atom is 0.490 e. The molecule has 0 radical (unpaired) electrons. The fourth-order valence-electron chi connectivity index (χ4n) is 4.74. The van der Waals surface area contributed by atoms with E-state index in [-0.39, 0.29) is 36.1 Å². The van der Waals surface area contributed by atoms with E-state index in [1.807, 2.05) is 6.20 Å². The SMILES string of the molecule is Cc1nc2c(NC(=O)C3CCc4nccn4CC3)cccc2c(=O)n1C1CCC(=O)NC1=O.O=C(O)C(F)(F)F. The van der Waals surface area contributed by atoms with Gasteiger partial charge in [-0.2, -0.15) is 13.2 Å². The highest BCUT2D eigenvalue weighted by molar-refractivity contribution is 6.01. The molecule has 1 saturated heterocycles. The van der Waals surface area contributed by atoms with Crippen LogP contribution in [-0.2, 0) is 32.1 Å². The molecule has 40 heavy (non-hydrogen) atoms. The number of aliphatic carboxylic acids is 1. The summed E-state index contributed by atoms with van der Waals surface area (Å²) < 4.78 is 35.1. The first kappa shape index (κ1) is 28.4. The molecule has 3 aromatic rings. The highest BCUT2D eigenvalue weighted by Gasteiger charge is 2.38. The summed E-state index contributed by atoms with van der Waals surface area (Å²) in [5, 5.41) is 12.7. The minimum Gasteiger partial charge on any atom is -0.475 e. The second-order valence-corrected chi connectivity index (χ2v) is 9.36. The second-order valence-electron chi connectivity index (χ2n) is 9.36. The largest absolute Gasteiger partial charge is 0.490 e. The highest BCUT2D eigenvalue weighted by atomic mass is 19.4. The zero-order chi connectivity index (χ0) is 29.2.